The largest absolute Gasteiger partial charge is 0.480 e. The molecule has 2 aromatic rings. The number of aromatic nitrogens is 4. The molecule has 0 aromatic carbocycles. The number of nitrogens with two attached hydrogens (primary N) is 1. The molecule has 398 valence electrons. The van der Waals surface area contributed by atoms with E-state index in [0.717, 1.165) is 64.2 Å². The Balaban J connectivity index is 1.38. The summed E-state index contributed by atoms with van der Waals surface area (Å²) < 4.78 is 42.2. The van der Waals surface area contributed by atoms with Crippen LogP contribution in [0, 0.1) is 5.92 Å². The molecular formula is C52H95N6O10P. The Morgan fingerprint density at radius 2 is 1.14 bits per heavy atom. The van der Waals surface area contributed by atoms with E-state index in [0.29, 0.717) is 50.4 Å². The highest BCUT2D eigenvalue weighted by Crippen LogP contribution is 2.43. The van der Waals surface area contributed by atoms with E-state index in [4.69, 9.17) is 29.0 Å². The van der Waals surface area contributed by atoms with Crippen LogP contribution in [0.5, 0.6) is 12.0 Å². The van der Waals surface area contributed by atoms with E-state index in [1.165, 1.54) is 122 Å². The number of anilines is 1. The van der Waals surface area contributed by atoms with Crippen LogP contribution in [0.1, 0.15) is 226 Å². The molecule has 69 heavy (non-hydrogen) atoms. The maximum absolute atomic E-state index is 13.0. The second-order valence-corrected chi connectivity index (χ2v) is 20.9. The average Bonchev–Trinajstić information content (AvgIpc) is 3.65. The summed E-state index contributed by atoms with van der Waals surface area (Å²) in [6.07, 6.45) is 34.1. The van der Waals surface area contributed by atoms with E-state index in [9.17, 15) is 24.2 Å². The Bertz CT molecular complexity index is 1690. The number of imidazole rings is 1. The van der Waals surface area contributed by atoms with Gasteiger partial charge in [0.1, 0.15) is 6.61 Å². The molecule has 17 heteroatoms. The van der Waals surface area contributed by atoms with Gasteiger partial charge < -0.3 is 34.8 Å². The fourth-order valence-corrected chi connectivity index (χ4v) is 9.62. The number of hydrogen-bond acceptors (Lipinski definition) is 14. The number of likely N-dealkylation sites (tertiary alicyclic amines) is 1. The summed E-state index contributed by atoms with van der Waals surface area (Å²) in [6, 6.07) is -0.0218. The molecule has 1 aliphatic heterocycles. The van der Waals surface area contributed by atoms with Crippen LogP contribution >= 0.6 is 7.82 Å². The quantitative estimate of drug-likeness (QED) is 0.0320. The molecule has 0 bridgehead atoms. The predicted molar refractivity (Wildman–Crippen MR) is 274 cm³/mol. The van der Waals surface area contributed by atoms with Crippen molar-refractivity contribution in [3.63, 3.8) is 0 Å². The fourth-order valence-electron chi connectivity index (χ4n) is 8.87. The number of ether oxygens (including phenoxy) is 3. The molecule has 1 saturated heterocycles. The summed E-state index contributed by atoms with van der Waals surface area (Å²) in [4.78, 5) is 51.2. The van der Waals surface area contributed by atoms with Crippen molar-refractivity contribution in [2.24, 2.45) is 5.92 Å². The van der Waals surface area contributed by atoms with Gasteiger partial charge in [0.05, 0.1) is 19.8 Å². The fraction of sp³-hybridized carbons (Fsp3) is 0.865. The second-order valence-electron chi connectivity index (χ2n) is 19.5. The number of nitrogens with zero attached hydrogens (tertiary/aromatic N) is 5. The van der Waals surface area contributed by atoms with E-state index in [2.05, 4.69) is 40.6 Å². The maximum atomic E-state index is 13.0. The SMILES string of the molecule is CCCCCCCCCCCCCCCC(=O)OCC(COP(=O)(O)OCCN1CCC(Cn2c(O)nc3c(N)nc(OCCCC)nc32)CC1)OC(=O)CCCCCCCCCCCCCCC. The molecule has 2 unspecified atom stereocenters. The molecule has 1 fully saturated rings. The van der Waals surface area contributed by atoms with Crippen LogP contribution in [-0.2, 0) is 39.2 Å². The number of phosphoric ester groups is 1. The molecule has 3 heterocycles. The van der Waals surface area contributed by atoms with Crippen molar-refractivity contribution in [1.82, 2.24) is 24.4 Å². The molecule has 0 spiro atoms. The molecule has 0 radical (unpaired) electrons. The number of fused-ring (bicyclic) bond motifs is 1. The van der Waals surface area contributed by atoms with E-state index < -0.39 is 32.5 Å². The summed E-state index contributed by atoms with van der Waals surface area (Å²) in [5.74, 6) is -0.480. The summed E-state index contributed by atoms with van der Waals surface area (Å²) >= 11 is 0. The third kappa shape index (κ3) is 28.0. The minimum absolute atomic E-state index is 0.0555. The standard InChI is InChI=1S/C52H95N6O10P/c1-4-7-10-12-14-16-18-20-22-24-26-28-30-32-46(59)65-42-45(68-47(60)33-31-29-27-25-23-21-19-17-15-13-11-8-5-2)43-67-69(62,63)66-40-38-57-36-34-44(35-37-57)41-58-50-48(54-52(58)61)49(53)55-51(56-50)64-39-9-6-3/h44-45H,4-43H2,1-3H3,(H,54,61)(H,62,63)(H2,53,55,56). The van der Waals surface area contributed by atoms with Crippen molar-refractivity contribution in [1.29, 1.82) is 0 Å². The molecule has 0 saturated carbocycles. The van der Waals surface area contributed by atoms with Crippen LogP contribution in [0.4, 0.5) is 5.82 Å². The topological polar surface area (TPSA) is 211 Å². The van der Waals surface area contributed by atoms with Crippen LogP contribution in [0.2, 0.25) is 0 Å². The summed E-state index contributed by atoms with van der Waals surface area (Å²) in [6.45, 7) is 8.56. The van der Waals surface area contributed by atoms with Crippen molar-refractivity contribution >= 4 is 36.7 Å². The monoisotopic (exact) mass is 995 g/mol. The van der Waals surface area contributed by atoms with Crippen LogP contribution in [-0.4, -0.2) is 98.5 Å². The van der Waals surface area contributed by atoms with Crippen LogP contribution in [0.3, 0.4) is 0 Å². The van der Waals surface area contributed by atoms with Gasteiger partial charge in [0, 0.05) is 25.9 Å². The van der Waals surface area contributed by atoms with Gasteiger partial charge in [-0.25, -0.2) is 4.57 Å². The summed E-state index contributed by atoms with van der Waals surface area (Å²) in [7, 11) is -4.53. The lowest BCUT2D eigenvalue weighted by Gasteiger charge is -2.32. The van der Waals surface area contributed by atoms with E-state index in [-0.39, 0.29) is 49.8 Å². The van der Waals surface area contributed by atoms with Gasteiger partial charge in [0.2, 0.25) is 0 Å². The number of rotatable bonds is 44. The first-order valence-electron chi connectivity index (χ1n) is 27.6. The molecule has 2 aromatic heterocycles. The predicted octanol–water partition coefficient (Wildman–Crippen LogP) is 12.6. The van der Waals surface area contributed by atoms with Gasteiger partial charge >= 0.3 is 25.8 Å². The lowest BCUT2D eigenvalue weighted by atomic mass is 9.97. The molecule has 1 aliphatic rings. The number of carbonyl (C=O) groups excluding carboxylic acids is 2. The van der Waals surface area contributed by atoms with Crippen molar-refractivity contribution in [2.75, 3.05) is 51.8 Å². The minimum atomic E-state index is -4.53. The number of unbranched alkanes of at least 4 members (excludes halogenated alkanes) is 25. The third-order valence-electron chi connectivity index (χ3n) is 13.2. The van der Waals surface area contributed by atoms with E-state index >= 15 is 0 Å². The first-order chi connectivity index (χ1) is 33.5. The normalized spacial score (nSPS) is 14.8. The van der Waals surface area contributed by atoms with Gasteiger partial charge in [-0.05, 0) is 51.1 Å². The molecule has 3 rings (SSSR count). The van der Waals surface area contributed by atoms with E-state index in [1.807, 2.05) is 0 Å². The average molecular weight is 995 g/mol. The Hall–Kier alpha value is -3.04. The van der Waals surface area contributed by atoms with Crippen molar-refractivity contribution in [2.45, 2.75) is 239 Å². The first kappa shape index (κ1) is 60.3. The zero-order chi connectivity index (χ0) is 49.8. The van der Waals surface area contributed by atoms with E-state index in [1.54, 1.807) is 4.57 Å². The Labute approximate surface area is 415 Å². The van der Waals surface area contributed by atoms with Gasteiger partial charge in [-0.3, -0.25) is 23.2 Å². The zero-order valence-corrected chi connectivity index (χ0v) is 44.3. The molecule has 4 N–H and O–H groups in total. The molecule has 2 atom stereocenters. The Kier molecular flexibility index (Phi) is 32.9. The minimum Gasteiger partial charge on any atom is -0.480 e. The van der Waals surface area contributed by atoms with Gasteiger partial charge in [-0.1, -0.05) is 181 Å². The van der Waals surface area contributed by atoms with Gasteiger partial charge in [0.15, 0.2) is 23.1 Å². The Morgan fingerprint density at radius 3 is 1.67 bits per heavy atom. The van der Waals surface area contributed by atoms with Crippen molar-refractivity contribution in [3.8, 4) is 12.0 Å². The molecule has 0 aliphatic carbocycles. The molecular weight excluding hydrogens is 900 g/mol. The van der Waals surface area contributed by atoms with Crippen LogP contribution in [0.15, 0.2) is 0 Å². The third-order valence-corrected chi connectivity index (χ3v) is 14.2. The number of hydrogen-bond donors (Lipinski definition) is 3. The number of nitrogen functional groups attached to an aromatic ring is 1. The molecule has 16 nitrogen and oxygen atoms in total. The van der Waals surface area contributed by atoms with Gasteiger partial charge in [0.25, 0.3) is 6.01 Å². The number of carbonyl (C=O) groups is 2. The van der Waals surface area contributed by atoms with Crippen molar-refractivity contribution < 1.29 is 47.4 Å². The van der Waals surface area contributed by atoms with Crippen molar-refractivity contribution in [3.05, 3.63) is 0 Å². The lowest BCUT2D eigenvalue weighted by molar-refractivity contribution is -0.161. The second kappa shape index (κ2) is 37.7. The Morgan fingerprint density at radius 1 is 0.652 bits per heavy atom. The highest BCUT2D eigenvalue weighted by atomic mass is 31.2. The number of phosphoric acid groups is 1. The van der Waals surface area contributed by atoms with Gasteiger partial charge in [-0.15, -0.1) is 0 Å². The zero-order valence-electron chi connectivity index (χ0n) is 43.4. The first-order valence-corrected chi connectivity index (χ1v) is 29.1. The summed E-state index contributed by atoms with van der Waals surface area (Å²) in [5.41, 5.74) is 6.88. The lowest BCUT2D eigenvalue weighted by Crippen LogP contribution is -2.37. The highest BCUT2D eigenvalue weighted by molar-refractivity contribution is 7.47. The number of aromatic hydroxyl groups is 1. The molecule has 0 amide bonds. The highest BCUT2D eigenvalue weighted by Gasteiger charge is 2.28. The van der Waals surface area contributed by atoms with Gasteiger partial charge in [-0.2, -0.15) is 15.0 Å². The van der Waals surface area contributed by atoms with Crippen LogP contribution < -0.4 is 10.5 Å². The maximum Gasteiger partial charge on any atom is 0.472 e. The number of esters is 2. The summed E-state index contributed by atoms with van der Waals surface area (Å²) in [5, 5.41) is 10.7. The number of piperidine rings is 1. The smallest absolute Gasteiger partial charge is 0.472 e. The van der Waals surface area contributed by atoms with Crippen LogP contribution in [0.25, 0.3) is 11.2 Å².